The molecular weight excluding hydrogens is 520 g/mol. The van der Waals surface area contributed by atoms with Crippen molar-refractivity contribution in [1.29, 1.82) is 0 Å². The van der Waals surface area contributed by atoms with Gasteiger partial charge < -0.3 is 14.7 Å². The van der Waals surface area contributed by atoms with Crippen LogP contribution in [0.2, 0.25) is 0 Å². The molecule has 1 N–H and O–H groups in total. The third-order valence-corrected chi connectivity index (χ3v) is 8.45. The van der Waals surface area contributed by atoms with Gasteiger partial charge in [-0.05, 0) is 75.0 Å². The van der Waals surface area contributed by atoms with Gasteiger partial charge in [0.25, 0.3) is 0 Å². The lowest BCUT2D eigenvalue weighted by molar-refractivity contribution is -0.153. The molecule has 2 aromatic carbocycles. The number of piperidine rings is 1. The molecule has 1 aliphatic rings. The first kappa shape index (κ1) is 28.2. The second-order valence-electron chi connectivity index (χ2n) is 9.72. The summed E-state index contributed by atoms with van der Waals surface area (Å²) in [6, 6.07) is 6.59. The van der Waals surface area contributed by atoms with Crippen molar-refractivity contribution in [1.82, 2.24) is 9.88 Å². The lowest BCUT2D eigenvalue weighted by Gasteiger charge is -2.39. The Hall–Kier alpha value is -2.85. The Morgan fingerprint density at radius 2 is 1.87 bits per heavy atom. The summed E-state index contributed by atoms with van der Waals surface area (Å²) in [5.41, 5.74) is 0.805. The molecule has 4 rings (SSSR count). The summed E-state index contributed by atoms with van der Waals surface area (Å²) < 4.78 is 61.8. The highest BCUT2D eigenvalue weighted by molar-refractivity contribution is 7.99. The SMILES string of the molecule is COc1ccc2ncc(C)c([C@H](F)CCC3(C(=O)O)CCN(CCSc4c(F)cc(F)cc4F)CC3)c2c1. The number of hydrogen-bond acceptors (Lipinski definition) is 5. The largest absolute Gasteiger partial charge is 0.497 e. The number of carboxylic acid groups (broad SMARTS) is 1. The molecule has 1 fully saturated rings. The molecule has 0 aliphatic carbocycles. The van der Waals surface area contributed by atoms with Crippen LogP contribution in [-0.2, 0) is 4.79 Å². The normalized spacial score (nSPS) is 16.5. The average Bonchev–Trinajstić information content (AvgIpc) is 2.89. The quantitative estimate of drug-likeness (QED) is 0.223. The van der Waals surface area contributed by atoms with Gasteiger partial charge in [0.2, 0.25) is 0 Å². The number of ether oxygens (including phenoxy) is 1. The summed E-state index contributed by atoms with van der Waals surface area (Å²) in [7, 11) is 1.54. The number of fused-ring (bicyclic) bond motifs is 1. The highest BCUT2D eigenvalue weighted by Gasteiger charge is 2.41. The number of likely N-dealkylation sites (tertiary alicyclic amines) is 1. The zero-order valence-corrected chi connectivity index (χ0v) is 22.1. The molecule has 1 atom stereocenters. The Morgan fingerprint density at radius 3 is 2.50 bits per heavy atom. The molecule has 0 bridgehead atoms. The molecule has 0 amide bonds. The maximum absolute atomic E-state index is 15.7. The van der Waals surface area contributed by atoms with E-state index in [2.05, 4.69) is 4.98 Å². The van der Waals surface area contributed by atoms with Crippen molar-refractivity contribution in [3.8, 4) is 5.75 Å². The summed E-state index contributed by atoms with van der Waals surface area (Å²) in [6.45, 7) is 3.24. The van der Waals surface area contributed by atoms with E-state index in [1.807, 2.05) is 4.90 Å². The van der Waals surface area contributed by atoms with E-state index in [0.717, 1.165) is 11.8 Å². The first-order valence-corrected chi connectivity index (χ1v) is 13.4. The zero-order chi connectivity index (χ0) is 27.4. The number of nitrogens with zero attached hydrogens (tertiary/aromatic N) is 2. The van der Waals surface area contributed by atoms with Crippen LogP contribution in [0.15, 0.2) is 41.4 Å². The monoisotopic (exact) mass is 550 g/mol. The van der Waals surface area contributed by atoms with E-state index in [9.17, 15) is 23.1 Å². The van der Waals surface area contributed by atoms with Crippen molar-refractivity contribution < 1.29 is 32.2 Å². The van der Waals surface area contributed by atoms with E-state index in [1.165, 1.54) is 7.11 Å². The van der Waals surface area contributed by atoms with E-state index >= 15 is 4.39 Å². The third kappa shape index (κ3) is 6.07. The predicted octanol–water partition coefficient (Wildman–Crippen LogP) is 6.72. The smallest absolute Gasteiger partial charge is 0.309 e. The van der Waals surface area contributed by atoms with E-state index in [-0.39, 0.29) is 17.7 Å². The van der Waals surface area contributed by atoms with E-state index < -0.39 is 35.0 Å². The van der Waals surface area contributed by atoms with Crippen LogP contribution < -0.4 is 4.74 Å². The standard InChI is InChI=1S/C28H30F4N2O3S/c1-17-16-33-24-4-3-19(37-2)15-20(24)25(17)21(30)5-6-28(27(35)36)7-9-34(10-8-28)11-12-38-26-22(31)13-18(29)14-23(26)32/h3-4,13-16,21H,5-12H2,1-2H3,(H,35,36)/t21-/m1/s1. The predicted molar refractivity (Wildman–Crippen MR) is 139 cm³/mol. The van der Waals surface area contributed by atoms with Gasteiger partial charge >= 0.3 is 5.97 Å². The van der Waals surface area contributed by atoms with Crippen molar-refractivity contribution >= 4 is 28.6 Å². The molecule has 2 heterocycles. The number of methoxy groups -OCH3 is 1. The van der Waals surface area contributed by atoms with Gasteiger partial charge in [-0.1, -0.05) is 0 Å². The van der Waals surface area contributed by atoms with Crippen molar-refractivity contribution in [2.45, 2.75) is 43.7 Å². The highest BCUT2D eigenvalue weighted by Crippen LogP contribution is 2.41. The Bertz CT molecular complexity index is 1290. The van der Waals surface area contributed by atoms with Gasteiger partial charge in [0.05, 0.1) is 22.9 Å². The molecule has 0 saturated carbocycles. The minimum Gasteiger partial charge on any atom is -0.497 e. The van der Waals surface area contributed by atoms with Crippen LogP contribution in [0.5, 0.6) is 5.75 Å². The van der Waals surface area contributed by atoms with Gasteiger partial charge in [0.15, 0.2) is 0 Å². The van der Waals surface area contributed by atoms with Gasteiger partial charge in [0, 0.05) is 36.0 Å². The molecule has 1 aromatic heterocycles. The molecule has 0 radical (unpaired) electrons. The van der Waals surface area contributed by atoms with Gasteiger partial charge in [0.1, 0.15) is 29.4 Å². The summed E-state index contributed by atoms with van der Waals surface area (Å²) in [5, 5.41) is 10.7. The van der Waals surface area contributed by atoms with Crippen LogP contribution in [0.1, 0.15) is 43.0 Å². The first-order chi connectivity index (χ1) is 18.1. The first-order valence-electron chi connectivity index (χ1n) is 12.4. The lowest BCUT2D eigenvalue weighted by Crippen LogP contribution is -2.45. The van der Waals surface area contributed by atoms with E-state index in [4.69, 9.17) is 4.74 Å². The molecule has 3 aromatic rings. The molecular formula is C28H30F4N2O3S. The molecule has 5 nitrogen and oxygen atoms in total. The third-order valence-electron chi connectivity index (χ3n) is 7.39. The molecule has 204 valence electrons. The summed E-state index contributed by atoms with van der Waals surface area (Å²) in [4.78, 5) is 18.5. The highest BCUT2D eigenvalue weighted by atomic mass is 32.2. The molecule has 0 spiro atoms. The molecule has 38 heavy (non-hydrogen) atoms. The number of hydrogen-bond donors (Lipinski definition) is 1. The number of thioether (sulfide) groups is 1. The van der Waals surface area contributed by atoms with Crippen LogP contribution in [0.4, 0.5) is 17.6 Å². The number of aryl methyl sites for hydroxylation is 1. The van der Waals surface area contributed by atoms with Gasteiger partial charge in [-0.15, -0.1) is 11.8 Å². The number of alkyl halides is 1. The second-order valence-corrected chi connectivity index (χ2v) is 10.8. The lowest BCUT2D eigenvalue weighted by atomic mass is 9.74. The fourth-order valence-electron chi connectivity index (χ4n) is 5.10. The minimum absolute atomic E-state index is 0.0580. The number of aliphatic carboxylic acids is 1. The summed E-state index contributed by atoms with van der Waals surface area (Å²) >= 11 is 0.960. The van der Waals surface area contributed by atoms with Crippen LogP contribution in [-0.4, -0.2) is 53.5 Å². The Morgan fingerprint density at radius 1 is 1.18 bits per heavy atom. The van der Waals surface area contributed by atoms with Crippen LogP contribution >= 0.6 is 11.8 Å². The van der Waals surface area contributed by atoms with Gasteiger partial charge in [-0.25, -0.2) is 17.6 Å². The van der Waals surface area contributed by atoms with Crippen molar-refractivity contribution in [2.75, 3.05) is 32.5 Å². The Labute approximate surface area is 223 Å². The number of pyridine rings is 1. The number of aromatic nitrogens is 1. The van der Waals surface area contributed by atoms with Gasteiger partial charge in [-0.2, -0.15) is 0 Å². The zero-order valence-electron chi connectivity index (χ0n) is 21.3. The number of carboxylic acids is 1. The number of benzene rings is 2. The topological polar surface area (TPSA) is 62.7 Å². The number of halogens is 4. The number of carbonyl (C=O) groups is 1. The number of rotatable bonds is 10. The Kier molecular flexibility index (Phi) is 8.82. The van der Waals surface area contributed by atoms with E-state index in [0.29, 0.717) is 78.1 Å². The summed E-state index contributed by atoms with van der Waals surface area (Å²) in [5.74, 6) is -2.82. The fourth-order valence-corrected chi connectivity index (χ4v) is 6.05. The molecule has 10 heteroatoms. The molecule has 1 saturated heterocycles. The minimum atomic E-state index is -1.36. The average molecular weight is 551 g/mol. The Balaban J connectivity index is 1.37. The molecule has 0 unspecified atom stereocenters. The van der Waals surface area contributed by atoms with Crippen LogP contribution in [0.3, 0.4) is 0 Å². The van der Waals surface area contributed by atoms with E-state index in [1.54, 1.807) is 31.3 Å². The van der Waals surface area contributed by atoms with Gasteiger partial charge in [-0.3, -0.25) is 9.78 Å². The van der Waals surface area contributed by atoms with Crippen molar-refractivity contribution in [3.63, 3.8) is 0 Å². The van der Waals surface area contributed by atoms with Crippen molar-refractivity contribution in [3.05, 3.63) is 65.1 Å². The summed E-state index contributed by atoms with van der Waals surface area (Å²) in [6.07, 6.45) is 1.21. The van der Waals surface area contributed by atoms with Crippen LogP contribution in [0, 0.1) is 29.8 Å². The molecule has 1 aliphatic heterocycles. The second kappa shape index (κ2) is 11.9. The van der Waals surface area contributed by atoms with Crippen LogP contribution in [0.25, 0.3) is 10.9 Å². The maximum Gasteiger partial charge on any atom is 0.309 e. The van der Waals surface area contributed by atoms with Crippen molar-refractivity contribution in [2.24, 2.45) is 5.41 Å². The maximum atomic E-state index is 15.7. The fraction of sp³-hybridized carbons (Fsp3) is 0.429.